The zero-order valence-electron chi connectivity index (χ0n) is 13.1. The number of nitrogens with one attached hydrogen (secondary N) is 2. The number of thioether (sulfide) groups is 1. The molecule has 0 atom stereocenters. The third kappa shape index (κ3) is 3.65. The second-order valence-corrected chi connectivity index (χ2v) is 6.04. The Balaban J connectivity index is 2.66. The van der Waals surface area contributed by atoms with Gasteiger partial charge in [0.2, 0.25) is 11.8 Å². The molecule has 0 bridgehead atoms. The molecule has 0 fully saturated rings. The first-order chi connectivity index (χ1) is 11.5. The summed E-state index contributed by atoms with van der Waals surface area (Å²) in [6.07, 6.45) is 0. The molecule has 24 heavy (non-hydrogen) atoms. The minimum atomic E-state index is -0.647. The molecular weight excluding hydrogens is 324 g/mol. The van der Waals surface area contributed by atoms with E-state index in [0.717, 1.165) is 17.3 Å². The first kappa shape index (κ1) is 17.3. The summed E-state index contributed by atoms with van der Waals surface area (Å²) in [6.45, 7) is 2.67. The van der Waals surface area contributed by atoms with E-state index in [4.69, 9.17) is 0 Å². The number of nitrogens with zero attached hydrogens (tertiary/aromatic N) is 2. The second-order valence-electron chi connectivity index (χ2n) is 5.02. The fourth-order valence-corrected chi connectivity index (χ4v) is 3.47. The third-order valence-corrected chi connectivity index (χ3v) is 4.28. The Bertz CT molecular complexity index is 778. The van der Waals surface area contributed by atoms with Crippen molar-refractivity contribution in [1.29, 1.82) is 10.5 Å². The largest absolute Gasteiger partial charge is 0.320 e. The number of hydrogen-bond donors (Lipinski definition) is 2. The Hall–Kier alpha value is -3.03. The van der Waals surface area contributed by atoms with Crippen LogP contribution in [0, 0.1) is 22.7 Å². The van der Waals surface area contributed by atoms with Gasteiger partial charge in [-0.05, 0) is 5.56 Å². The van der Waals surface area contributed by atoms with Gasteiger partial charge in [0, 0.05) is 13.8 Å². The van der Waals surface area contributed by atoms with Crippen LogP contribution in [0.5, 0.6) is 0 Å². The Kier molecular flexibility index (Phi) is 5.41. The molecule has 1 heterocycles. The summed E-state index contributed by atoms with van der Waals surface area (Å²) < 4.78 is 0. The van der Waals surface area contributed by atoms with Gasteiger partial charge in [0.15, 0.2) is 0 Å². The summed E-state index contributed by atoms with van der Waals surface area (Å²) in [4.78, 5) is 22.9. The van der Waals surface area contributed by atoms with E-state index in [1.165, 1.54) is 13.8 Å². The predicted molar refractivity (Wildman–Crippen MR) is 89.7 cm³/mol. The molecular formula is C17H14N4O2S. The summed E-state index contributed by atoms with van der Waals surface area (Å²) >= 11 is 1.00. The van der Waals surface area contributed by atoms with Crippen molar-refractivity contribution < 1.29 is 9.59 Å². The number of hydrogen-bond acceptors (Lipinski definition) is 5. The van der Waals surface area contributed by atoms with Gasteiger partial charge in [0.1, 0.15) is 0 Å². The molecule has 1 aromatic rings. The van der Waals surface area contributed by atoms with Crippen molar-refractivity contribution in [3.05, 3.63) is 57.1 Å². The molecule has 2 amide bonds. The maximum Gasteiger partial charge on any atom is 0.221 e. The highest BCUT2D eigenvalue weighted by atomic mass is 32.2. The van der Waals surface area contributed by atoms with E-state index < -0.39 is 5.92 Å². The summed E-state index contributed by atoms with van der Waals surface area (Å²) in [5, 5.41) is 25.1. The van der Waals surface area contributed by atoms with Crippen LogP contribution in [0.15, 0.2) is 51.5 Å². The molecule has 0 saturated carbocycles. The molecule has 0 aromatic heterocycles. The third-order valence-electron chi connectivity index (χ3n) is 3.22. The van der Waals surface area contributed by atoms with Crippen molar-refractivity contribution in [3.8, 4) is 12.1 Å². The van der Waals surface area contributed by atoms with E-state index in [2.05, 4.69) is 22.8 Å². The van der Waals surface area contributed by atoms with E-state index in [9.17, 15) is 20.1 Å². The lowest BCUT2D eigenvalue weighted by atomic mass is 9.86. The van der Waals surface area contributed by atoms with E-state index in [0.29, 0.717) is 10.1 Å². The smallest absolute Gasteiger partial charge is 0.221 e. The van der Waals surface area contributed by atoms with Crippen LogP contribution < -0.4 is 10.6 Å². The SMILES string of the molecule is CC(=O)NC1=C(C#N)C(c2ccccc2)C(C#N)=C(NC(C)=O)S1. The van der Waals surface area contributed by atoms with Crippen molar-refractivity contribution in [3.63, 3.8) is 0 Å². The van der Waals surface area contributed by atoms with Crippen molar-refractivity contribution in [2.45, 2.75) is 19.8 Å². The maximum absolute atomic E-state index is 11.5. The van der Waals surface area contributed by atoms with Crippen LogP contribution in [0.1, 0.15) is 25.3 Å². The lowest BCUT2D eigenvalue weighted by molar-refractivity contribution is -0.118. The zero-order valence-corrected chi connectivity index (χ0v) is 13.9. The number of nitriles is 2. The number of amides is 2. The van der Waals surface area contributed by atoms with Crippen LogP contribution in [0.4, 0.5) is 0 Å². The maximum atomic E-state index is 11.5. The molecule has 2 N–H and O–H groups in total. The van der Waals surface area contributed by atoms with Gasteiger partial charge in [-0.1, -0.05) is 42.1 Å². The Morgan fingerprint density at radius 3 is 1.79 bits per heavy atom. The molecule has 6 nitrogen and oxygen atoms in total. The Labute approximate surface area is 143 Å². The van der Waals surface area contributed by atoms with Crippen molar-refractivity contribution in [1.82, 2.24) is 10.6 Å². The number of carbonyl (C=O) groups is 2. The average molecular weight is 338 g/mol. The Morgan fingerprint density at radius 2 is 1.42 bits per heavy atom. The molecule has 7 heteroatoms. The van der Waals surface area contributed by atoms with Crippen LogP contribution >= 0.6 is 11.8 Å². The fourth-order valence-electron chi connectivity index (χ4n) is 2.33. The van der Waals surface area contributed by atoms with E-state index in [-0.39, 0.29) is 23.0 Å². The molecule has 0 radical (unpaired) electrons. The molecule has 0 aliphatic carbocycles. The van der Waals surface area contributed by atoms with Gasteiger partial charge in [-0.15, -0.1) is 0 Å². The highest BCUT2D eigenvalue weighted by molar-refractivity contribution is 8.06. The van der Waals surface area contributed by atoms with Gasteiger partial charge in [0.05, 0.1) is 39.3 Å². The van der Waals surface area contributed by atoms with Gasteiger partial charge in [-0.2, -0.15) is 10.5 Å². The first-order valence-electron chi connectivity index (χ1n) is 7.04. The summed E-state index contributed by atoms with van der Waals surface area (Å²) in [5.41, 5.74) is 1.27. The van der Waals surface area contributed by atoms with Crippen LogP contribution in [0.3, 0.4) is 0 Å². The monoisotopic (exact) mass is 338 g/mol. The summed E-state index contributed by atoms with van der Waals surface area (Å²) in [7, 11) is 0. The number of benzene rings is 1. The minimum absolute atomic E-state index is 0.270. The quantitative estimate of drug-likeness (QED) is 0.879. The number of rotatable bonds is 3. The average Bonchev–Trinajstić information content (AvgIpc) is 2.54. The van der Waals surface area contributed by atoms with E-state index in [1.807, 2.05) is 6.07 Å². The predicted octanol–water partition coefficient (Wildman–Crippen LogP) is 2.26. The first-order valence-corrected chi connectivity index (χ1v) is 7.86. The normalized spacial score (nSPS) is 14.7. The second kappa shape index (κ2) is 7.49. The van der Waals surface area contributed by atoms with Crippen LogP contribution in [-0.2, 0) is 9.59 Å². The molecule has 0 spiro atoms. The Morgan fingerprint density at radius 1 is 0.958 bits per heavy atom. The lowest BCUT2D eigenvalue weighted by Crippen LogP contribution is -2.28. The van der Waals surface area contributed by atoms with E-state index in [1.54, 1.807) is 24.3 Å². The number of allylic oxidation sites excluding steroid dienone is 2. The van der Waals surface area contributed by atoms with Gasteiger partial charge in [0.25, 0.3) is 0 Å². The topological polar surface area (TPSA) is 106 Å². The van der Waals surface area contributed by atoms with Gasteiger partial charge < -0.3 is 10.6 Å². The van der Waals surface area contributed by atoms with Crippen molar-refractivity contribution >= 4 is 23.6 Å². The van der Waals surface area contributed by atoms with Crippen LogP contribution in [-0.4, -0.2) is 11.8 Å². The zero-order chi connectivity index (χ0) is 17.7. The highest BCUT2D eigenvalue weighted by Gasteiger charge is 2.33. The van der Waals surface area contributed by atoms with Gasteiger partial charge >= 0.3 is 0 Å². The van der Waals surface area contributed by atoms with Crippen molar-refractivity contribution in [2.75, 3.05) is 0 Å². The molecule has 1 aromatic carbocycles. The molecule has 0 saturated heterocycles. The molecule has 1 aliphatic heterocycles. The van der Waals surface area contributed by atoms with Crippen LogP contribution in [0.2, 0.25) is 0 Å². The summed E-state index contributed by atoms with van der Waals surface area (Å²) in [5.74, 6) is -1.31. The standard InChI is InChI=1S/C17H14N4O2S/c1-10(22)20-16-13(8-18)15(12-6-4-3-5-7-12)14(9-19)17(24-16)21-11(2)23/h3-7,15H,1-2H3,(H,20,22)(H,21,23). The van der Waals surface area contributed by atoms with Crippen molar-refractivity contribution in [2.24, 2.45) is 0 Å². The molecule has 0 unspecified atom stereocenters. The fraction of sp³-hybridized carbons (Fsp3) is 0.176. The van der Waals surface area contributed by atoms with Gasteiger partial charge in [-0.25, -0.2) is 0 Å². The van der Waals surface area contributed by atoms with E-state index >= 15 is 0 Å². The number of carbonyl (C=O) groups excluding carboxylic acids is 2. The van der Waals surface area contributed by atoms with Crippen LogP contribution in [0.25, 0.3) is 0 Å². The molecule has 120 valence electrons. The minimum Gasteiger partial charge on any atom is -0.320 e. The molecule has 2 rings (SSSR count). The van der Waals surface area contributed by atoms with Gasteiger partial charge in [-0.3, -0.25) is 9.59 Å². The molecule has 1 aliphatic rings. The summed E-state index contributed by atoms with van der Waals surface area (Å²) in [6, 6.07) is 13.2. The highest BCUT2D eigenvalue weighted by Crippen LogP contribution is 2.44. The lowest BCUT2D eigenvalue weighted by Gasteiger charge is -2.26.